The molecule has 8 heteroatoms. The number of aryl methyl sites for hydroxylation is 1. The Morgan fingerprint density at radius 1 is 1.12 bits per heavy atom. The number of hydrogen-bond donors (Lipinski definition) is 2. The van der Waals surface area contributed by atoms with Crippen molar-refractivity contribution in [2.45, 2.75) is 6.92 Å². The van der Waals surface area contributed by atoms with E-state index in [2.05, 4.69) is 10.4 Å². The summed E-state index contributed by atoms with van der Waals surface area (Å²) in [5.74, 6) is -0.418. The zero-order valence-corrected chi connectivity index (χ0v) is 15.2. The van der Waals surface area contributed by atoms with Crippen LogP contribution in [0.25, 0.3) is 5.69 Å². The van der Waals surface area contributed by atoms with Crippen molar-refractivity contribution in [2.24, 2.45) is 0 Å². The van der Waals surface area contributed by atoms with Crippen LogP contribution in [0.2, 0.25) is 15.1 Å². The first-order valence-electron chi connectivity index (χ1n) is 7.17. The molecule has 0 unspecified atom stereocenters. The Morgan fingerprint density at radius 2 is 1.80 bits per heavy atom. The SMILES string of the molecule is Cc1cccc(C(=O)Nc2cc(O)n(-c3c(Cl)cc(Cl)cc3Cl)n2)c1. The average molecular weight is 397 g/mol. The van der Waals surface area contributed by atoms with E-state index in [9.17, 15) is 9.90 Å². The number of rotatable bonds is 3. The van der Waals surface area contributed by atoms with Gasteiger partial charge in [0.25, 0.3) is 5.91 Å². The Morgan fingerprint density at radius 3 is 2.44 bits per heavy atom. The molecule has 0 aliphatic rings. The van der Waals surface area contributed by atoms with Gasteiger partial charge in [0.05, 0.1) is 10.0 Å². The van der Waals surface area contributed by atoms with Gasteiger partial charge in [-0.1, -0.05) is 52.5 Å². The summed E-state index contributed by atoms with van der Waals surface area (Å²) in [6, 6.07) is 11.4. The summed E-state index contributed by atoms with van der Waals surface area (Å²) in [5.41, 5.74) is 1.71. The third kappa shape index (κ3) is 3.74. The first-order valence-corrected chi connectivity index (χ1v) is 8.30. The highest BCUT2D eigenvalue weighted by Crippen LogP contribution is 2.34. The molecule has 2 N–H and O–H groups in total. The molecule has 0 saturated heterocycles. The van der Waals surface area contributed by atoms with Crippen LogP contribution >= 0.6 is 34.8 Å². The molecule has 3 aromatic rings. The molecule has 0 fully saturated rings. The molecule has 0 aliphatic carbocycles. The number of amides is 1. The number of hydrogen-bond acceptors (Lipinski definition) is 3. The number of benzene rings is 2. The predicted octanol–water partition coefficient (Wildman–Crippen LogP) is 5.10. The van der Waals surface area contributed by atoms with Crippen molar-refractivity contribution in [3.63, 3.8) is 0 Å². The minimum Gasteiger partial charge on any atom is -0.493 e. The molecule has 1 aromatic heterocycles. The van der Waals surface area contributed by atoms with E-state index >= 15 is 0 Å². The van der Waals surface area contributed by atoms with E-state index in [1.807, 2.05) is 13.0 Å². The molecule has 5 nitrogen and oxygen atoms in total. The second-order valence-electron chi connectivity index (χ2n) is 5.34. The van der Waals surface area contributed by atoms with Gasteiger partial charge in [-0.2, -0.15) is 4.68 Å². The maximum absolute atomic E-state index is 12.3. The quantitative estimate of drug-likeness (QED) is 0.647. The second kappa shape index (κ2) is 6.96. The standard InChI is InChI=1S/C17H12Cl3N3O2/c1-9-3-2-4-10(5-9)17(25)21-14-8-15(24)23(22-14)16-12(19)6-11(18)7-13(16)20/h2-8,24H,1H3,(H,21,22,25). The van der Waals surface area contributed by atoms with Gasteiger partial charge < -0.3 is 10.4 Å². The fourth-order valence-corrected chi connectivity index (χ4v) is 3.29. The lowest BCUT2D eigenvalue weighted by molar-refractivity contribution is 0.102. The number of halogens is 3. The van der Waals surface area contributed by atoms with Crippen LogP contribution in [0.3, 0.4) is 0 Å². The van der Waals surface area contributed by atoms with Crippen LogP contribution in [0.4, 0.5) is 5.82 Å². The predicted molar refractivity (Wildman–Crippen MR) is 99.4 cm³/mol. The van der Waals surface area contributed by atoms with Gasteiger partial charge in [0, 0.05) is 16.7 Å². The Labute approximate surface area is 158 Å². The Balaban J connectivity index is 1.92. The molecular formula is C17H12Cl3N3O2. The van der Waals surface area contributed by atoms with Crippen LogP contribution in [0.5, 0.6) is 5.88 Å². The molecule has 0 spiro atoms. The number of aromatic nitrogens is 2. The highest BCUT2D eigenvalue weighted by atomic mass is 35.5. The Bertz CT molecular complexity index is 947. The van der Waals surface area contributed by atoms with E-state index in [1.165, 1.54) is 18.2 Å². The van der Waals surface area contributed by atoms with Gasteiger partial charge in [0.2, 0.25) is 5.88 Å². The van der Waals surface area contributed by atoms with Crippen LogP contribution in [0, 0.1) is 6.92 Å². The highest BCUT2D eigenvalue weighted by Gasteiger charge is 2.17. The summed E-state index contributed by atoms with van der Waals surface area (Å²) in [4.78, 5) is 12.3. The first kappa shape index (κ1) is 17.6. The maximum Gasteiger partial charge on any atom is 0.256 e. The van der Waals surface area contributed by atoms with Crippen molar-refractivity contribution in [2.75, 3.05) is 5.32 Å². The number of anilines is 1. The van der Waals surface area contributed by atoms with Crippen molar-refractivity contribution in [1.29, 1.82) is 0 Å². The monoisotopic (exact) mass is 395 g/mol. The molecule has 1 heterocycles. The van der Waals surface area contributed by atoms with Gasteiger partial charge in [0.15, 0.2) is 5.82 Å². The molecular weight excluding hydrogens is 385 g/mol. The molecule has 2 aromatic carbocycles. The molecule has 0 saturated carbocycles. The van der Waals surface area contributed by atoms with Crippen LogP contribution < -0.4 is 5.32 Å². The lowest BCUT2D eigenvalue weighted by Gasteiger charge is -2.08. The van der Waals surface area contributed by atoms with Crippen molar-refractivity contribution < 1.29 is 9.90 Å². The number of carbonyl (C=O) groups excluding carboxylic acids is 1. The van der Waals surface area contributed by atoms with Gasteiger partial charge in [0.1, 0.15) is 5.69 Å². The third-order valence-corrected chi connectivity index (χ3v) is 4.20. The molecule has 0 atom stereocenters. The average Bonchev–Trinajstić information content (AvgIpc) is 2.86. The molecule has 0 aliphatic heterocycles. The van der Waals surface area contributed by atoms with Crippen molar-refractivity contribution in [3.05, 3.63) is 68.7 Å². The van der Waals surface area contributed by atoms with E-state index in [0.29, 0.717) is 10.6 Å². The smallest absolute Gasteiger partial charge is 0.256 e. The molecule has 1 amide bonds. The summed E-state index contributed by atoms with van der Waals surface area (Å²) in [6.07, 6.45) is 0. The van der Waals surface area contributed by atoms with Crippen LogP contribution in [-0.2, 0) is 0 Å². The van der Waals surface area contributed by atoms with Gasteiger partial charge in [-0.15, -0.1) is 5.10 Å². The first-order chi connectivity index (χ1) is 11.8. The van der Waals surface area contributed by atoms with Crippen LogP contribution in [0.1, 0.15) is 15.9 Å². The van der Waals surface area contributed by atoms with Crippen LogP contribution in [-0.4, -0.2) is 20.8 Å². The summed E-state index contributed by atoms with van der Waals surface area (Å²) < 4.78 is 1.13. The molecule has 25 heavy (non-hydrogen) atoms. The number of nitrogens with one attached hydrogen (secondary N) is 1. The number of carbonyl (C=O) groups is 1. The lowest BCUT2D eigenvalue weighted by Crippen LogP contribution is -2.12. The fourth-order valence-electron chi connectivity index (χ4n) is 2.31. The summed E-state index contributed by atoms with van der Waals surface area (Å²) >= 11 is 18.2. The van der Waals surface area contributed by atoms with E-state index in [0.717, 1.165) is 10.2 Å². The molecule has 3 rings (SSSR count). The van der Waals surface area contributed by atoms with Gasteiger partial charge >= 0.3 is 0 Å². The van der Waals surface area contributed by atoms with Crippen molar-refractivity contribution in [3.8, 4) is 11.6 Å². The van der Waals surface area contributed by atoms with Crippen molar-refractivity contribution >= 4 is 46.5 Å². The zero-order chi connectivity index (χ0) is 18.1. The fraction of sp³-hybridized carbons (Fsp3) is 0.0588. The Kier molecular flexibility index (Phi) is 4.90. The van der Waals surface area contributed by atoms with E-state index in [-0.39, 0.29) is 33.3 Å². The molecule has 0 radical (unpaired) electrons. The normalized spacial score (nSPS) is 10.7. The van der Waals surface area contributed by atoms with E-state index in [4.69, 9.17) is 34.8 Å². The second-order valence-corrected chi connectivity index (χ2v) is 6.59. The minimum atomic E-state index is -0.346. The highest BCUT2D eigenvalue weighted by molar-refractivity contribution is 6.40. The van der Waals surface area contributed by atoms with E-state index < -0.39 is 0 Å². The summed E-state index contributed by atoms with van der Waals surface area (Å²) in [7, 11) is 0. The summed E-state index contributed by atoms with van der Waals surface area (Å²) in [6.45, 7) is 1.89. The third-order valence-electron chi connectivity index (χ3n) is 3.41. The Hall–Kier alpha value is -2.21. The van der Waals surface area contributed by atoms with Gasteiger partial charge in [-0.25, -0.2) is 0 Å². The van der Waals surface area contributed by atoms with Crippen LogP contribution in [0.15, 0.2) is 42.5 Å². The molecule has 0 bridgehead atoms. The number of nitrogens with zero attached hydrogens (tertiary/aromatic N) is 2. The molecule has 128 valence electrons. The summed E-state index contributed by atoms with van der Waals surface area (Å²) in [5, 5.41) is 17.7. The van der Waals surface area contributed by atoms with Gasteiger partial charge in [-0.3, -0.25) is 4.79 Å². The zero-order valence-electron chi connectivity index (χ0n) is 12.9. The minimum absolute atomic E-state index is 0.158. The van der Waals surface area contributed by atoms with E-state index in [1.54, 1.807) is 18.2 Å². The lowest BCUT2D eigenvalue weighted by atomic mass is 10.1. The maximum atomic E-state index is 12.3. The van der Waals surface area contributed by atoms with Crippen molar-refractivity contribution in [1.82, 2.24) is 9.78 Å². The largest absolute Gasteiger partial charge is 0.493 e. The topological polar surface area (TPSA) is 67.2 Å². The number of aromatic hydroxyl groups is 1. The van der Waals surface area contributed by atoms with Gasteiger partial charge in [-0.05, 0) is 31.2 Å².